The summed E-state index contributed by atoms with van der Waals surface area (Å²) in [5.41, 5.74) is -1.11. The van der Waals surface area contributed by atoms with Gasteiger partial charge in [-0.1, -0.05) is 19.1 Å². The maximum atomic E-state index is 13.5. The van der Waals surface area contributed by atoms with E-state index in [0.29, 0.717) is 6.54 Å². The average molecular weight is 281 g/mol. The van der Waals surface area contributed by atoms with Gasteiger partial charge in [-0.05, 0) is 43.9 Å². The van der Waals surface area contributed by atoms with Crippen LogP contribution in [0.25, 0.3) is 0 Å². The van der Waals surface area contributed by atoms with Crippen LogP contribution < -0.4 is 10.1 Å². The molecule has 0 radical (unpaired) electrons. The summed E-state index contributed by atoms with van der Waals surface area (Å²) in [7, 11) is 0. The number of ether oxygens (including phenoxy) is 1. The van der Waals surface area contributed by atoms with Crippen LogP contribution in [-0.2, 0) is 4.79 Å². The molecule has 4 nitrogen and oxygen atoms in total. The Bertz CT molecular complexity index is 476. The first kappa shape index (κ1) is 14.8. The van der Waals surface area contributed by atoms with E-state index in [0.717, 1.165) is 19.3 Å². The number of rotatable bonds is 8. The van der Waals surface area contributed by atoms with Crippen LogP contribution in [0.15, 0.2) is 24.3 Å². The van der Waals surface area contributed by atoms with E-state index in [1.165, 1.54) is 12.1 Å². The SMILES string of the molecule is CCCNC(COc1ccccc1F)(C(=O)O)C1CC1. The van der Waals surface area contributed by atoms with Crippen molar-refractivity contribution in [2.24, 2.45) is 5.92 Å². The molecule has 1 aromatic rings. The summed E-state index contributed by atoms with van der Waals surface area (Å²) >= 11 is 0. The standard InChI is InChI=1S/C15H20FNO3/c1-2-9-17-15(14(18)19,11-7-8-11)10-20-13-6-4-3-5-12(13)16/h3-6,11,17H,2,7-10H2,1H3,(H,18,19). The predicted octanol–water partition coefficient (Wildman–Crippen LogP) is 2.44. The summed E-state index contributed by atoms with van der Waals surface area (Å²) in [6, 6.07) is 6.04. The van der Waals surface area contributed by atoms with Gasteiger partial charge >= 0.3 is 5.97 Å². The van der Waals surface area contributed by atoms with Crippen LogP contribution in [0, 0.1) is 11.7 Å². The normalized spacial score (nSPS) is 17.5. The van der Waals surface area contributed by atoms with Gasteiger partial charge < -0.3 is 9.84 Å². The molecule has 0 aromatic heterocycles. The minimum atomic E-state index is -1.11. The fraction of sp³-hybridized carbons (Fsp3) is 0.533. The molecule has 2 N–H and O–H groups in total. The fourth-order valence-corrected chi connectivity index (χ4v) is 2.30. The Hall–Kier alpha value is -1.62. The molecule has 5 heteroatoms. The first-order valence-corrected chi connectivity index (χ1v) is 6.96. The predicted molar refractivity (Wildman–Crippen MR) is 73.3 cm³/mol. The maximum Gasteiger partial charge on any atom is 0.327 e. The van der Waals surface area contributed by atoms with Crippen molar-refractivity contribution in [3.63, 3.8) is 0 Å². The highest BCUT2D eigenvalue weighted by molar-refractivity contribution is 5.80. The smallest absolute Gasteiger partial charge is 0.327 e. The fourth-order valence-electron chi connectivity index (χ4n) is 2.30. The molecule has 0 spiro atoms. The maximum absolute atomic E-state index is 13.5. The summed E-state index contributed by atoms with van der Waals surface area (Å²) in [5, 5.41) is 12.7. The molecule has 0 heterocycles. The first-order valence-electron chi connectivity index (χ1n) is 6.96. The second-order valence-corrected chi connectivity index (χ2v) is 5.20. The summed E-state index contributed by atoms with van der Waals surface area (Å²) in [5.74, 6) is -1.25. The third-order valence-electron chi connectivity index (χ3n) is 3.64. The van der Waals surface area contributed by atoms with Crippen molar-refractivity contribution < 1.29 is 19.0 Å². The molecule has 0 aliphatic heterocycles. The Morgan fingerprint density at radius 1 is 1.50 bits per heavy atom. The molecule has 0 amide bonds. The van der Waals surface area contributed by atoms with Crippen molar-refractivity contribution in [2.75, 3.05) is 13.2 Å². The zero-order valence-electron chi connectivity index (χ0n) is 11.6. The van der Waals surface area contributed by atoms with Crippen molar-refractivity contribution in [1.29, 1.82) is 0 Å². The molecule has 0 saturated heterocycles. The average Bonchev–Trinajstić information content (AvgIpc) is 3.25. The van der Waals surface area contributed by atoms with Crippen LogP contribution in [0.3, 0.4) is 0 Å². The lowest BCUT2D eigenvalue weighted by Gasteiger charge is -2.30. The minimum absolute atomic E-state index is 0.0540. The second-order valence-electron chi connectivity index (χ2n) is 5.20. The number of para-hydroxylation sites is 1. The Kier molecular flexibility index (Phi) is 4.60. The van der Waals surface area contributed by atoms with E-state index in [2.05, 4.69) is 5.32 Å². The lowest BCUT2D eigenvalue weighted by atomic mass is 9.94. The van der Waals surface area contributed by atoms with Gasteiger partial charge in [-0.3, -0.25) is 10.1 Å². The van der Waals surface area contributed by atoms with E-state index in [1.54, 1.807) is 12.1 Å². The van der Waals surface area contributed by atoms with Gasteiger partial charge in [0.1, 0.15) is 6.61 Å². The number of carboxylic acid groups (broad SMARTS) is 1. The minimum Gasteiger partial charge on any atom is -0.488 e. The van der Waals surface area contributed by atoms with Gasteiger partial charge in [0.25, 0.3) is 0 Å². The van der Waals surface area contributed by atoms with Gasteiger partial charge in [0, 0.05) is 0 Å². The number of carbonyl (C=O) groups is 1. The van der Waals surface area contributed by atoms with Crippen LogP contribution in [-0.4, -0.2) is 29.8 Å². The lowest BCUT2D eigenvalue weighted by molar-refractivity contribution is -0.147. The molecular formula is C15H20FNO3. The van der Waals surface area contributed by atoms with E-state index in [4.69, 9.17) is 4.74 Å². The molecule has 1 saturated carbocycles. The van der Waals surface area contributed by atoms with E-state index < -0.39 is 17.3 Å². The zero-order valence-corrected chi connectivity index (χ0v) is 11.6. The number of hydrogen-bond donors (Lipinski definition) is 2. The van der Waals surface area contributed by atoms with E-state index in [1.807, 2.05) is 6.92 Å². The van der Waals surface area contributed by atoms with E-state index >= 15 is 0 Å². The van der Waals surface area contributed by atoms with Gasteiger partial charge in [0.15, 0.2) is 17.1 Å². The van der Waals surface area contributed by atoms with Gasteiger partial charge in [-0.25, -0.2) is 4.39 Å². The van der Waals surface area contributed by atoms with Gasteiger partial charge in [-0.2, -0.15) is 0 Å². The van der Waals surface area contributed by atoms with E-state index in [-0.39, 0.29) is 18.3 Å². The summed E-state index contributed by atoms with van der Waals surface area (Å²) in [4.78, 5) is 11.7. The first-order chi connectivity index (χ1) is 9.60. The van der Waals surface area contributed by atoms with Crippen molar-refractivity contribution in [1.82, 2.24) is 5.32 Å². The topological polar surface area (TPSA) is 58.6 Å². The van der Waals surface area contributed by atoms with Gasteiger partial charge in [0.05, 0.1) is 0 Å². The van der Waals surface area contributed by atoms with Crippen molar-refractivity contribution in [3.8, 4) is 5.75 Å². The van der Waals surface area contributed by atoms with Crippen molar-refractivity contribution >= 4 is 5.97 Å². The largest absolute Gasteiger partial charge is 0.488 e. The van der Waals surface area contributed by atoms with Crippen LogP contribution in [0.5, 0.6) is 5.75 Å². The molecule has 1 aliphatic rings. The number of halogens is 1. The molecule has 1 aromatic carbocycles. The Balaban J connectivity index is 2.11. The lowest BCUT2D eigenvalue weighted by Crippen LogP contribution is -2.58. The zero-order chi connectivity index (χ0) is 14.6. The molecule has 0 bridgehead atoms. The Labute approximate surface area is 117 Å². The van der Waals surface area contributed by atoms with Crippen LogP contribution >= 0.6 is 0 Å². The quantitative estimate of drug-likeness (QED) is 0.768. The second kappa shape index (κ2) is 6.22. The molecule has 1 fully saturated rings. The van der Waals surface area contributed by atoms with Crippen LogP contribution in [0.2, 0.25) is 0 Å². The Morgan fingerprint density at radius 2 is 2.20 bits per heavy atom. The number of carboxylic acids is 1. The number of nitrogens with one attached hydrogen (secondary N) is 1. The van der Waals surface area contributed by atoms with Crippen molar-refractivity contribution in [3.05, 3.63) is 30.1 Å². The molecule has 1 unspecified atom stereocenters. The highest BCUT2D eigenvalue weighted by Gasteiger charge is 2.51. The molecule has 1 aliphatic carbocycles. The van der Waals surface area contributed by atoms with Gasteiger partial charge in [0.2, 0.25) is 0 Å². The van der Waals surface area contributed by atoms with Crippen LogP contribution in [0.1, 0.15) is 26.2 Å². The highest BCUT2D eigenvalue weighted by atomic mass is 19.1. The molecule has 1 atom stereocenters. The summed E-state index contributed by atoms with van der Waals surface area (Å²) < 4.78 is 19.0. The van der Waals surface area contributed by atoms with Crippen LogP contribution in [0.4, 0.5) is 4.39 Å². The molecular weight excluding hydrogens is 261 g/mol. The number of hydrogen-bond acceptors (Lipinski definition) is 3. The Morgan fingerprint density at radius 3 is 2.75 bits per heavy atom. The monoisotopic (exact) mass is 281 g/mol. The van der Waals surface area contributed by atoms with Crippen molar-refractivity contribution in [2.45, 2.75) is 31.7 Å². The van der Waals surface area contributed by atoms with Gasteiger partial charge in [-0.15, -0.1) is 0 Å². The third-order valence-corrected chi connectivity index (χ3v) is 3.64. The number of aliphatic carboxylic acids is 1. The highest BCUT2D eigenvalue weighted by Crippen LogP contribution is 2.40. The third kappa shape index (κ3) is 3.10. The summed E-state index contributed by atoms with van der Waals surface area (Å²) in [6.45, 7) is 2.52. The molecule has 20 heavy (non-hydrogen) atoms. The molecule has 110 valence electrons. The molecule has 2 rings (SSSR count). The van der Waals surface area contributed by atoms with E-state index in [9.17, 15) is 14.3 Å². The number of benzene rings is 1. The summed E-state index contributed by atoms with van der Waals surface area (Å²) in [6.07, 6.45) is 2.56.